The third kappa shape index (κ3) is 3.03. The molecule has 0 radical (unpaired) electrons. The molecule has 0 aliphatic heterocycles. The Hall–Kier alpha value is -0.510. The fourth-order valence-electron chi connectivity index (χ4n) is 2.36. The van der Waals surface area contributed by atoms with Gasteiger partial charge >= 0.3 is 0 Å². The molecule has 1 nitrogen and oxygen atoms in total. The highest BCUT2D eigenvalue weighted by molar-refractivity contribution is 4.84. The van der Waals surface area contributed by atoms with Gasteiger partial charge in [0.25, 0.3) is 0 Å². The highest BCUT2D eigenvalue weighted by atomic mass is 14.3. The van der Waals surface area contributed by atoms with E-state index in [0.717, 1.165) is 12.3 Å². The number of nitriles is 1. The molecule has 0 aromatic heterocycles. The Labute approximate surface area is 82.1 Å². The highest BCUT2D eigenvalue weighted by Gasteiger charge is 2.29. The van der Waals surface area contributed by atoms with Gasteiger partial charge in [0, 0.05) is 6.42 Å². The van der Waals surface area contributed by atoms with E-state index in [0.29, 0.717) is 11.3 Å². The molecule has 0 N–H and O–H groups in total. The summed E-state index contributed by atoms with van der Waals surface area (Å²) in [6.07, 6.45) is 5.98. The lowest BCUT2D eigenvalue weighted by Gasteiger charge is -2.36. The van der Waals surface area contributed by atoms with Crippen LogP contribution in [-0.4, -0.2) is 0 Å². The molecule has 1 aliphatic rings. The smallest absolute Gasteiger partial charge is 0.0624 e. The van der Waals surface area contributed by atoms with E-state index in [1.54, 1.807) is 0 Å². The van der Waals surface area contributed by atoms with Crippen molar-refractivity contribution in [1.82, 2.24) is 0 Å². The van der Waals surface area contributed by atoms with E-state index in [9.17, 15) is 0 Å². The molecule has 1 saturated carbocycles. The lowest BCUT2D eigenvalue weighted by molar-refractivity contribution is 0.151. The third-order valence-electron chi connectivity index (χ3n) is 3.45. The first-order valence-corrected chi connectivity index (χ1v) is 5.41. The molecule has 1 rings (SSSR count). The molecular formula is C12H21N. The zero-order valence-electron chi connectivity index (χ0n) is 9.14. The van der Waals surface area contributed by atoms with Crippen molar-refractivity contribution in [3.8, 4) is 6.07 Å². The lowest BCUT2D eigenvalue weighted by atomic mass is 9.69. The summed E-state index contributed by atoms with van der Waals surface area (Å²) in [6, 6.07) is 2.29. The molecule has 0 aromatic rings. The highest BCUT2D eigenvalue weighted by Crippen LogP contribution is 2.40. The molecule has 0 bridgehead atoms. The second-order valence-electron chi connectivity index (χ2n) is 5.45. The minimum Gasteiger partial charge on any atom is -0.198 e. The van der Waals surface area contributed by atoms with Gasteiger partial charge in [-0.2, -0.15) is 5.26 Å². The Balaban J connectivity index is 2.36. The third-order valence-corrected chi connectivity index (χ3v) is 3.45. The summed E-state index contributed by atoms with van der Waals surface area (Å²) in [4.78, 5) is 0. The summed E-state index contributed by atoms with van der Waals surface area (Å²) in [5.41, 5.74) is 0.470. The molecule has 0 amide bonds. The van der Waals surface area contributed by atoms with Crippen molar-refractivity contribution in [3.63, 3.8) is 0 Å². The first-order chi connectivity index (χ1) is 6.04. The molecule has 13 heavy (non-hydrogen) atoms. The van der Waals surface area contributed by atoms with Crippen LogP contribution < -0.4 is 0 Å². The van der Waals surface area contributed by atoms with Crippen molar-refractivity contribution >= 4 is 0 Å². The van der Waals surface area contributed by atoms with E-state index < -0.39 is 0 Å². The summed E-state index contributed by atoms with van der Waals surface area (Å²) in [7, 11) is 0. The molecule has 1 aliphatic carbocycles. The number of rotatable bonds is 1. The summed E-state index contributed by atoms with van der Waals surface area (Å²) >= 11 is 0. The van der Waals surface area contributed by atoms with Gasteiger partial charge in [0.05, 0.1) is 6.07 Å². The van der Waals surface area contributed by atoms with Gasteiger partial charge in [0.15, 0.2) is 0 Å². The second kappa shape index (κ2) is 4.13. The first-order valence-electron chi connectivity index (χ1n) is 5.41. The van der Waals surface area contributed by atoms with Crippen LogP contribution in [0.4, 0.5) is 0 Å². The SMILES string of the molecule is CC(C)(C)[C@H]1CC[C@H](CC#N)CC1. The summed E-state index contributed by atoms with van der Waals surface area (Å²) in [5, 5.41) is 8.59. The number of hydrogen-bond donors (Lipinski definition) is 0. The fraction of sp³-hybridized carbons (Fsp3) is 0.917. The van der Waals surface area contributed by atoms with Gasteiger partial charge in [-0.15, -0.1) is 0 Å². The van der Waals surface area contributed by atoms with Gasteiger partial charge < -0.3 is 0 Å². The topological polar surface area (TPSA) is 23.8 Å². The molecule has 1 fully saturated rings. The molecule has 0 atom stereocenters. The summed E-state index contributed by atoms with van der Waals surface area (Å²) in [6.45, 7) is 7.01. The minimum atomic E-state index is 0.470. The van der Waals surface area contributed by atoms with Crippen molar-refractivity contribution in [2.24, 2.45) is 17.3 Å². The van der Waals surface area contributed by atoms with Crippen molar-refractivity contribution in [2.45, 2.75) is 52.9 Å². The Morgan fingerprint density at radius 3 is 2.08 bits per heavy atom. The van der Waals surface area contributed by atoms with E-state index >= 15 is 0 Å². The number of hydrogen-bond acceptors (Lipinski definition) is 1. The first kappa shape index (κ1) is 10.6. The Morgan fingerprint density at radius 2 is 1.69 bits per heavy atom. The van der Waals surface area contributed by atoms with Crippen molar-refractivity contribution in [2.75, 3.05) is 0 Å². The zero-order chi connectivity index (χ0) is 9.90. The number of nitrogens with zero attached hydrogens (tertiary/aromatic N) is 1. The standard InChI is InChI=1S/C12H21N/c1-12(2,3)11-6-4-10(5-7-11)8-9-13/h10-11H,4-8H2,1-3H3/t10-,11-. The van der Waals surface area contributed by atoms with Crippen LogP contribution in [0.2, 0.25) is 0 Å². The van der Waals surface area contributed by atoms with Crippen LogP contribution in [0.15, 0.2) is 0 Å². The summed E-state index contributed by atoms with van der Waals surface area (Å²) in [5.74, 6) is 1.58. The van der Waals surface area contributed by atoms with Crippen molar-refractivity contribution < 1.29 is 0 Å². The average molecular weight is 179 g/mol. The molecule has 0 saturated heterocycles. The minimum absolute atomic E-state index is 0.470. The Morgan fingerprint density at radius 1 is 1.15 bits per heavy atom. The molecule has 0 heterocycles. The maximum Gasteiger partial charge on any atom is 0.0624 e. The van der Waals surface area contributed by atoms with Crippen LogP contribution in [0.25, 0.3) is 0 Å². The Bertz CT molecular complexity index is 186. The van der Waals surface area contributed by atoms with E-state index in [1.807, 2.05) is 0 Å². The van der Waals surface area contributed by atoms with Gasteiger partial charge in [0.2, 0.25) is 0 Å². The molecule has 0 unspecified atom stereocenters. The second-order valence-corrected chi connectivity index (χ2v) is 5.45. The van der Waals surface area contributed by atoms with Crippen LogP contribution in [-0.2, 0) is 0 Å². The van der Waals surface area contributed by atoms with E-state index in [1.165, 1.54) is 25.7 Å². The van der Waals surface area contributed by atoms with E-state index in [2.05, 4.69) is 26.8 Å². The van der Waals surface area contributed by atoms with Gasteiger partial charge in [-0.25, -0.2) is 0 Å². The van der Waals surface area contributed by atoms with Crippen LogP contribution >= 0.6 is 0 Å². The van der Waals surface area contributed by atoms with Crippen LogP contribution in [0.3, 0.4) is 0 Å². The van der Waals surface area contributed by atoms with Gasteiger partial charge in [-0.05, 0) is 42.9 Å². The Kier molecular flexibility index (Phi) is 3.36. The maximum atomic E-state index is 8.59. The van der Waals surface area contributed by atoms with E-state index in [4.69, 9.17) is 5.26 Å². The largest absolute Gasteiger partial charge is 0.198 e. The van der Waals surface area contributed by atoms with Crippen LogP contribution in [0, 0.1) is 28.6 Å². The predicted molar refractivity (Wildman–Crippen MR) is 55.1 cm³/mol. The zero-order valence-corrected chi connectivity index (χ0v) is 9.14. The molecule has 74 valence electrons. The molecule has 0 spiro atoms. The average Bonchev–Trinajstić information content (AvgIpc) is 2.04. The lowest BCUT2D eigenvalue weighted by Crippen LogP contribution is -2.25. The van der Waals surface area contributed by atoms with Crippen LogP contribution in [0.5, 0.6) is 0 Å². The van der Waals surface area contributed by atoms with Gasteiger partial charge in [-0.1, -0.05) is 20.8 Å². The quantitative estimate of drug-likeness (QED) is 0.601. The normalized spacial score (nSPS) is 29.7. The van der Waals surface area contributed by atoms with Crippen molar-refractivity contribution in [3.05, 3.63) is 0 Å². The van der Waals surface area contributed by atoms with E-state index in [-0.39, 0.29) is 0 Å². The molecule has 1 heteroatoms. The monoisotopic (exact) mass is 179 g/mol. The van der Waals surface area contributed by atoms with Crippen molar-refractivity contribution in [1.29, 1.82) is 5.26 Å². The predicted octanol–water partition coefficient (Wildman–Crippen LogP) is 3.75. The molecular weight excluding hydrogens is 158 g/mol. The maximum absolute atomic E-state index is 8.59. The van der Waals surface area contributed by atoms with Crippen LogP contribution in [0.1, 0.15) is 52.9 Å². The fourth-order valence-corrected chi connectivity index (χ4v) is 2.36. The van der Waals surface area contributed by atoms with Gasteiger partial charge in [0.1, 0.15) is 0 Å². The molecule has 0 aromatic carbocycles. The summed E-state index contributed by atoms with van der Waals surface area (Å²) < 4.78 is 0. The van der Waals surface area contributed by atoms with Gasteiger partial charge in [-0.3, -0.25) is 0 Å².